The lowest BCUT2D eigenvalue weighted by molar-refractivity contribution is -0.116. The van der Waals surface area contributed by atoms with Crippen molar-refractivity contribution in [2.24, 2.45) is 0 Å². The van der Waals surface area contributed by atoms with Gasteiger partial charge in [0, 0.05) is 17.9 Å². The number of nitrogens with zero attached hydrogens (tertiary/aromatic N) is 3. The van der Waals surface area contributed by atoms with Gasteiger partial charge in [-0.3, -0.25) is 4.79 Å². The molecule has 7 heteroatoms. The van der Waals surface area contributed by atoms with E-state index in [1.165, 1.54) is 12.1 Å². The van der Waals surface area contributed by atoms with Crippen molar-refractivity contribution in [1.82, 2.24) is 19.7 Å². The van der Waals surface area contributed by atoms with Crippen molar-refractivity contribution >= 4 is 22.8 Å². The van der Waals surface area contributed by atoms with Gasteiger partial charge in [0.25, 0.3) is 0 Å². The molecule has 0 radical (unpaired) electrons. The summed E-state index contributed by atoms with van der Waals surface area (Å²) >= 11 is 0. The van der Waals surface area contributed by atoms with Crippen LogP contribution in [-0.2, 0) is 4.79 Å². The van der Waals surface area contributed by atoms with E-state index in [0.717, 1.165) is 27.9 Å². The molecule has 2 N–H and O–H groups in total. The van der Waals surface area contributed by atoms with Gasteiger partial charge in [0.1, 0.15) is 11.6 Å². The van der Waals surface area contributed by atoms with Gasteiger partial charge in [-0.25, -0.2) is 9.37 Å². The van der Waals surface area contributed by atoms with E-state index in [9.17, 15) is 9.18 Å². The highest BCUT2D eigenvalue weighted by Gasteiger charge is 2.33. The largest absolute Gasteiger partial charge is 0.322 e. The molecule has 0 fully saturated rings. The van der Waals surface area contributed by atoms with Crippen LogP contribution in [0.3, 0.4) is 0 Å². The lowest BCUT2D eigenvalue weighted by Gasteiger charge is -2.24. The second kappa shape index (κ2) is 5.77. The van der Waals surface area contributed by atoms with E-state index < -0.39 is 0 Å². The minimum absolute atomic E-state index is 0.131. The molecule has 5 rings (SSSR count). The first-order valence-electron chi connectivity index (χ1n) is 8.70. The van der Waals surface area contributed by atoms with Crippen molar-refractivity contribution in [3.63, 3.8) is 0 Å². The summed E-state index contributed by atoms with van der Waals surface area (Å²) in [6, 6.07) is 14.1. The molecule has 1 atom stereocenters. The first-order chi connectivity index (χ1) is 13.1. The van der Waals surface area contributed by atoms with Crippen LogP contribution >= 0.6 is 0 Å². The molecule has 0 saturated heterocycles. The van der Waals surface area contributed by atoms with Crippen molar-refractivity contribution in [3.05, 3.63) is 71.2 Å². The van der Waals surface area contributed by atoms with E-state index in [1.54, 1.807) is 10.7 Å². The summed E-state index contributed by atoms with van der Waals surface area (Å²) in [6.07, 6.45) is 0.253. The first-order valence-corrected chi connectivity index (χ1v) is 8.70. The van der Waals surface area contributed by atoms with Crippen LogP contribution < -0.4 is 5.32 Å². The van der Waals surface area contributed by atoms with Gasteiger partial charge in [-0.2, -0.15) is 9.78 Å². The monoisotopic (exact) mass is 361 g/mol. The van der Waals surface area contributed by atoms with E-state index in [2.05, 4.69) is 20.4 Å². The number of carbonyl (C=O) groups excluding carboxylic acids is 1. The number of carbonyl (C=O) groups is 1. The summed E-state index contributed by atoms with van der Waals surface area (Å²) in [5.74, 6) is 0.414. The minimum Gasteiger partial charge on any atom is -0.322 e. The molecule has 4 aromatic rings. The number of para-hydroxylation sites is 2. The van der Waals surface area contributed by atoms with Gasteiger partial charge < -0.3 is 10.3 Å². The highest BCUT2D eigenvalue weighted by atomic mass is 19.1. The number of hydrogen-bond donors (Lipinski definition) is 2. The van der Waals surface area contributed by atoms with Gasteiger partial charge in [-0.05, 0) is 36.8 Å². The Labute approximate surface area is 154 Å². The average Bonchev–Trinajstić information content (AvgIpc) is 3.22. The van der Waals surface area contributed by atoms with Gasteiger partial charge in [-0.1, -0.05) is 24.3 Å². The maximum atomic E-state index is 13.7. The number of rotatable bonds is 2. The molecule has 3 heterocycles. The summed E-state index contributed by atoms with van der Waals surface area (Å²) in [5, 5.41) is 7.52. The smallest absolute Gasteiger partial charge is 0.231 e. The van der Waals surface area contributed by atoms with Crippen LogP contribution in [0.4, 0.5) is 10.2 Å². The Kier molecular flexibility index (Phi) is 3.36. The lowest BCUT2D eigenvalue weighted by atomic mass is 9.86. The summed E-state index contributed by atoms with van der Waals surface area (Å²) in [4.78, 5) is 20.2. The van der Waals surface area contributed by atoms with E-state index in [1.807, 2.05) is 37.3 Å². The van der Waals surface area contributed by atoms with Crippen LogP contribution in [0.1, 0.15) is 29.2 Å². The SMILES string of the molecule is Cc1nn(-c2nc3ccccc3[nH]2)c2c1[C@H](c1cccc(F)c1)CC(=O)N2. The standard InChI is InChI=1S/C20H16FN5O/c1-11-18-14(12-5-4-6-13(21)9-12)10-17(27)24-19(18)26(25-11)20-22-15-7-2-3-8-16(15)23-20/h2-9,14H,10H2,1H3,(H,22,23)(H,24,27)/t14-/m0/s1. The molecule has 0 spiro atoms. The Morgan fingerprint density at radius 1 is 1.19 bits per heavy atom. The third-order valence-electron chi connectivity index (χ3n) is 4.93. The third kappa shape index (κ3) is 2.51. The Bertz CT molecular complexity index is 1160. The summed E-state index contributed by atoms with van der Waals surface area (Å²) in [6.45, 7) is 1.89. The zero-order valence-corrected chi connectivity index (χ0v) is 14.5. The topological polar surface area (TPSA) is 75.6 Å². The molecule has 1 aliphatic heterocycles. The fourth-order valence-corrected chi connectivity index (χ4v) is 3.75. The number of aromatic amines is 1. The van der Waals surface area contributed by atoms with Crippen molar-refractivity contribution in [2.45, 2.75) is 19.3 Å². The molecule has 0 aliphatic carbocycles. The summed E-state index contributed by atoms with van der Waals surface area (Å²) in [5.41, 5.74) is 4.13. The minimum atomic E-state index is -0.317. The van der Waals surface area contributed by atoms with E-state index in [-0.39, 0.29) is 24.1 Å². The molecule has 27 heavy (non-hydrogen) atoms. The zero-order chi connectivity index (χ0) is 18.5. The molecular formula is C20H16FN5O. The second-order valence-corrected chi connectivity index (χ2v) is 6.70. The number of fused-ring (bicyclic) bond motifs is 2. The molecule has 0 bridgehead atoms. The number of nitrogens with one attached hydrogen (secondary N) is 2. The van der Waals surface area contributed by atoms with Gasteiger partial charge in [-0.15, -0.1) is 0 Å². The van der Waals surface area contributed by atoms with E-state index >= 15 is 0 Å². The number of hydrogen-bond acceptors (Lipinski definition) is 3. The molecule has 0 unspecified atom stereocenters. The van der Waals surface area contributed by atoms with Crippen LogP contribution in [0.5, 0.6) is 0 Å². The van der Waals surface area contributed by atoms with E-state index in [4.69, 9.17) is 0 Å². The Balaban J connectivity index is 1.69. The second-order valence-electron chi connectivity index (χ2n) is 6.70. The van der Waals surface area contributed by atoms with Crippen molar-refractivity contribution in [1.29, 1.82) is 0 Å². The molecule has 2 aromatic heterocycles. The number of benzene rings is 2. The predicted octanol–water partition coefficient (Wildman–Crippen LogP) is 3.67. The number of halogens is 1. The quantitative estimate of drug-likeness (QED) is 0.572. The summed E-state index contributed by atoms with van der Waals surface area (Å²) < 4.78 is 15.4. The number of anilines is 1. The lowest BCUT2D eigenvalue weighted by Crippen LogP contribution is -2.25. The Morgan fingerprint density at radius 2 is 2.04 bits per heavy atom. The number of aromatic nitrogens is 4. The van der Waals surface area contributed by atoms with Gasteiger partial charge in [0.15, 0.2) is 0 Å². The van der Waals surface area contributed by atoms with Crippen molar-refractivity contribution < 1.29 is 9.18 Å². The number of imidazole rings is 1. The molecule has 1 aliphatic rings. The number of H-pyrrole nitrogens is 1. The normalized spacial score (nSPS) is 16.4. The molecule has 6 nitrogen and oxygen atoms in total. The van der Waals surface area contributed by atoms with E-state index in [0.29, 0.717) is 11.8 Å². The highest BCUT2D eigenvalue weighted by Crippen LogP contribution is 2.40. The first kappa shape index (κ1) is 15.7. The highest BCUT2D eigenvalue weighted by molar-refractivity contribution is 5.95. The van der Waals surface area contributed by atoms with Crippen LogP contribution in [0.2, 0.25) is 0 Å². The number of aryl methyl sites for hydroxylation is 1. The fraction of sp³-hybridized carbons (Fsp3) is 0.150. The number of amides is 1. The molecule has 134 valence electrons. The molecular weight excluding hydrogens is 345 g/mol. The van der Waals surface area contributed by atoms with Crippen molar-refractivity contribution in [2.75, 3.05) is 5.32 Å². The predicted molar refractivity (Wildman–Crippen MR) is 99.4 cm³/mol. The fourth-order valence-electron chi connectivity index (χ4n) is 3.75. The van der Waals surface area contributed by atoms with Gasteiger partial charge in [0.05, 0.1) is 16.7 Å². The zero-order valence-electron chi connectivity index (χ0n) is 14.5. The Morgan fingerprint density at radius 3 is 2.85 bits per heavy atom. The van der Waals surface area contributed by atoms with Crippen LogP contribution in [0, 0.1) is 12.7 Å². The molecule has 2 aromatic carbocycles. The van der Waals surface area contributed by atoms with Crippen LogP contribution in [0.25, 0.3) is 17.0 Å². The molecule has 0 saturated carbocycles. The van der Waals surface area contributed by atoms with Crippen molar-refractivity contribution in [3.8, 4) is 5.95 Å². The van der Waals surface area contributed by atoms with Crippen LogP contribution in [-0.4, -0.2) is 25.7 Å². The summed E-state index contributed by atoms with van der Waals surface area (Å²) in [7, 11) is 0. The van der Waals surface area contributed by atoms with Gasteiger partial charge >= 0.3 is 0 Å². The third-order valence-corrected chi connectivity index (χ3v) is 4.93. The van der Waals surface area contributed by atoms with Gasteiger partial charge in [0.2, 0.25) is 11.9 Å². The average molecular weight is 361 g/mol. The van der Waals surface area contributed by atoms with Crippen LogP contribution in [0.15, 0.2) is 48.5 Å². The molecule has 1 amide bonds. The maximum absolute atomic E-state index is 13.7. The maximum Gasteiger partial charge on any atom is 0.231 e. The Hall–Kier alpha value is -3.48.